The van der Waals surface area contributed by atoms with Gasteiger partial charge in [-0.25, -0.2) is 4.90 Å². The van der Waals surface area contributed by atoms with E-state index in [0.717, 1.165) is 0 Å². The predicted molar refractivity (Wildman–Crippen MR) is 76.0 cm³/mol. The normalized spacial score (nSPS) is 10.4. The smallest absolute Gasteiger partial charge is 0.245 e. The van der Waals surface area contributed by atoms with Crippen molar-refractivity contribution >= 4 is 17.8 Å². The predicted octanol–water partition coefficient (Wildman–Crippen LogP) is 1.82. The molecule has 0 spiro atoms. The lowest BCUT2D eigenvalue weighted by molar-refractivity contribution is 0.758. The van der Waals surface area contributed by atoms with Gasteiger partial charge < -0.3 is 10.6 Å². The molecule has 2 N–H and O–H groups in total. The number of nitriles is 1. The Kier molecular flexibility index (Phi) is 5.30. The molecular formula is C12H21N7. The second-order valence-electron chi connectivity index (χ2n) is 4.68. The summed E-state index contributed by atoms with van der Waals surface area (Å²) in [5.41, 5.74) is 0. The molecule has 0 bridgehead atoms. The zero-order chi connectivity index (χ0) is 14.4. The molecule has 0 amide bonds. The Morgan fingerprint density at radius 1 is 1.16 bits per heavy atom. The van der Waals surface area contributed by atoms with Crippen LogP contribution < -0.4 is 15.5 Å². The van der Waals surface area contributed by atoms with E-state index in [1.807, 2.05) is 34.6 Å². The standard InChI is InChI=1S/C12H21N7/c1-6-14-10-16-11(15-8(2)3)18-12(17-10)19(7-13)9(4)5/h8-9H,6H2,1-5H3,(H2,14,15,16,17,18). The molecular weight excluding hydrogens is 242 g/mol. The first-order chi connectivity index (χ1) is 8.97. The van der Waals surface area contributed by atoms with Gasteiger partial charge in [-0.05, 0) is 34.6 Å². The molecule has 0 aliphatic heterocycles. The van der Waals surface area contributed by atoms with Crippen molar-refractivity contribution in [2.75, 3.05) is 22.1 Å². The summed E-state index contributed by atoms with van der Waals surface area (Å²) in [4.78, 5) is 14.2. The summed E-state index contributed by atoms with van der Waals surface area (Å²) < 4.78 is 0. The van der Waals surface area contributed by atoms with E-state index in [9.17, 15) is 5.26 Å². The van der Waals surface area contributed by atoms with Crippen LogP contribution in [0.4, 0.5) is 17.8 Å². The van der Waals surface area contributed by atoms with Crippen molar-refractivity contribution in [3.8, 4) is 6.19 Å². The Balaban J connectivity index is 3.15. The molecule has 19 heavy (non-hydrogen) atoms. The van der Waals surface area contributed by atoms with Crippen LogP contribution in [-0.2, 0) is 0 Å². The van der Waals surface area contributed by atoms with Crippen molar-refractivity contribution in [3.63, 3.8) is 0 Å². The largest absolute Gasteiger partial charge is 0.354 e. The van der Waals surface area contributed by atoms with Gasteiger partial charge >= 0.3 is 0 Å². The molecule has 0 aliphatic carbocycles. The Hall–Kier alpha value is -2.10. The molecule has 1 aromatic rings. The average Bonchev–Trinajstić information content (AvgIpc) is 2.28. The van der Waals surface area contributed by atoms with Crippen LogP contribution in [0.1, 0.15) is 34.6 Å². The van der Waals surface area contributed by atoms with Gasteiger partial charge in [-0.1, -0.05) is 0 Å². The monoisotopic (exact) mass is 263 g/mol. The van der Waals surface area contributed by atoms with E-state index in [1.165, 1.54) is 4.90 Å². The molecule has 0 aliphatic rings. The second-order valence-corrected chi connectivity index (χ2v) is 4.68. The van der Waals surface area contributed by atoms with Crippen molar-refractivity contribution in [1.29, 1.82) is 5.26 Å². The van der Waals surface area contributed by atoms with Crippen LogP contribution in [-0.4, -0.2) is 33.6 Å². The van der Waals surface area contributed by atoms with E-state index in [1.54, 1.807) is 0 Å². The molecule has 0 atom stereocenters. The van der Waals surface area contributed by atoms with E-state index >= 15 is 0 Å². The highest BCUT2D eigenvalue weighted by Crippen LogP contribution is 2.15. The average molecular weight is 263 g/mol. The summed E-state index contributed by atoms with van der Waals surface area (Å²) in [6.07, 6.45) is 2.09. The van der Waals surface area contributed by atoms with Crippen LogP contribution in [0.5, 0.6) is 0 Å². The molecule has 1 aromatic heterocycles. The molecule has 0 saturated carbocycles. The van der Waals surface area contributed by atoms with E-state index in [-0.39, 0.29) is 12.1 Å². The van der Waals surface area contributed by atoms with E-state index < -0.39 is 0 Å². The minimum Gasteiger partial charge on any atom is -0.354 e. The first-order valence-corrected chi connectivity index (χ1v) is 6.43. The molecule has 0 unspecified atom stereocenters. The van der Waals surface area contributed by atoms with Gasteiger partial charge in [-0.2, -0.15) is 20.2 Å². The minimum absolute atomic E-state index is 0.00576. The van der Waals surface area contributed by atoms with Crippen molar-refractivity contribution in [1.82, 2.24) is 15.0 Å². The molecule has 7 heteroatoms. The maximum atomic E-state index is 9.18. The lowest BCUT2D eigenvalue weighted by Gasteiger charge is -2.19. The maximum Gasteiger partial charge on any atom is 0.245 e. The van der Waals surface area contributed by atoms with Crippen LogP contribution in [0.3, 0.4) is 0 Å². The Bertz CT molecular complexity index is 450. The third-order valence-electron chi connectivity index (χ3n) is 2.22. The number of nitrogens with one attached hydrogen (secondary N) is 2. The third-order valence-corrected chi connectivity index (χ3v) is 2.22. The zero-order valence-corrected chi connectivity index (χ0v) is 12.1. The van der Waals surface area contributed by atoms with Gasteiger partial charge in [-0.15, -0.1) is 0 Å². The highest BCUT2D eigenvalue weighted by molar-refractivity contribution is 5.47. The molecule has 0 fully saturated rings. The SMILES string of the molecule is CCNc1nc(NC(C)C)nc(N(C#N)C(C)C)n1. The molecule has 1 heterocycles. The first-order valence-electron chi connectivity index (χ1n) is 6.43. The summed E-state index contributed by atoms with van der Waals surface area (Å²) >= 11 is 0. The quantitative estimate of drug-likeness (QED) is 0.597. The van der Waals surface area contributed by atoms with E-state index in [0.29, 0.717) is 24.4 Å². The molecule has 7 nitrogen and oxygen atoms in total. The van der Waals surface area contributed by atoms with Crippen molar-refractivity contribution in [2.45, 2.75) is 46.7 Å². The lowest BCUT2D eigenvalue weighted by atomic mass is 10.3. The van der Waals surface area contributed by atoms with Crippen molar-refractivity contribution in [2.24, 2.45) is 0 Å². The van der Waals surface area contributed by atoms with Crippen LogP contribution in [0.2, 0.25) is 0 Å². The van der Waals surface area contributed by atoms with E-state index in [2.05, 4.69) is 31.8 Å². The van der Waals surface area contributed by atoms with Gasteiger partial charge in [0.2, 0.25) is 17.8 Å². The van der Waals surface area contributed by atoms with Gasteiger partial charge in [-0.3, -0.25) is 0 Å². The second kappa shape index (κ2) is 6.73. The fourth-order valence-corrected chi connectivity index (χ4v) is 1.42. The van der Waals surface area contributed by atoms with Gasteiger partial charge in [0, 0.05) is 18.6 Å². The number of anilines is 3. The highest BCUT2D eigenvalue weighted by Gasteiger charge is 2.16. The van der Waals surface area contributed by atoms with Crippen LogP contribution in [0, 0.1) is 11.5 Å². The third kappa shape index (κ3) is 4.25. The van der Waals surface area contributed by atoms with Crippen LogP contribution >= 0.6 is 0 Å². The number of nitrogens with zero attached hydrogens (tertiary/aromatic N) is 5. The van der Waals surface area contributed by atoms with Gasteiger partial charge in [0.1, 0.15) is 0 Å². The number of hydrogen-bond donors (Lipinski definition) is 2. The minimum atomic E-state index is -0.00576. The molecule has 0 aromatic carbocycles. The molecule has 1 rings (SSSR count). The molecule has 0 saturated heterocycles. The first kappa shape index (κ1) is 15.0. The Morgan fingerprint density at radius 3 is 2.26 bits per heavy atom. The van der Waals surface area contributed by atoms with Gasteiger partial charge in [0.25, 0.3) is 0 Å². The molecule has 0 radical (unpaired) electrons. The summed E-state index contributed by atoms with van der Waals surface area (Å²) in [5.74, 6) is 1.29. The summed E-state index contributed by atoms with van der Waals surface area (Å²) in [7, 11) is 0. The van der Waals surface area contributed by atoms with Crippen molar-refractivity contribution in [3.05, 3.63) is 0 Å². The number of hydrogen-bond acceptors (Lipinski definition) is 7. The fourth-order valence-electron chi connectivity index (χ4n) is 1.42. The number of rotatable bonds is 6. The van der Waals surface area contributed by atoms with Crippen molar-refractivity contribution < 1.29 is 0 Å². The topological polar surface area (TPSA) is 89.8 Å². The highest BCUT2D eigenvalue weighted by atomic mass is 15.3. The Labute approximate surface area is 114 Å². The fraction of sp³-hybridized carbons (Fsp3) is 0.667. The molecule has 104 valence electrons. The maximum absolute atomic E-state index is 9.18. The summed E-state index contributed by atoms with van der Waals surface area (Å²) in [5, 5.41) is 15.3. The summed E-state index contributed by atoms with van der Waals surface area (Å²) in [6.45, 7) is 10.5. The Morgan fingerprint density at radius 2 is 1.79 bits per heavy atom. The van der Waals surface area contributed by atoms with Gasteiger partial charge in [0.15, 0.2) is 6.19 Å². The zero-order valence-electron chi connectivity index (χ0n) is 12.1. The van der Waals surface area contributed by atoms with Crippen LogP contribution in [0.25, 0.3) is 0 Å². The number of aromatic nitrogens is 3. The van der Waals surface area contributed by atoms with Crippen LogP contribution in [0.15, 0.2) is 0 Å². The summed E-state index contributed by atoms with van der Waals surface area (Å²) in [6, 6.07) is 0.202. The van der Waals surface area contributed by atoms with E-state index in [4.69, 9.17) is 0 Å². The lowest BCUT2D eigenvalue weighted by Crippen LogP contribution is -2.28. The van der Waals surface area contributed by atoms with Gasteiger partial charge in [0.05, 0.1) is 0 Å².